The fourth-order valence-electron chi connectivity index (χ4n) is 1.11. The number of hydrogen-bond donors (Lipinski definition) is 2. The SMILES string of the molecule is Nc1ccc(F)c(-c2ncn[nH]2)c1F. The van der Waals surface area contributed by atoms with E-state index in [0.29, 0.717) is 0 Å². The van der Waals surface area contributed by atoms with Crippen LogP contribution in [0.15, 0.2) is 18.5 Å². The van der Waals surface area contributed by atoms with Crippen LogP contribution in [0.1, 0.15) is 0 Å². The number of nitrogens with two attached hydrogens (primary N) is 1. The molecule has 0 unspecified atom stereocenters. The number of nitrogens with one attached hydrogen (secondary N) is 1. The Hall–Kier alpha value is -1.98. The molecule has 0 fully saturated rings. The van der Waals surface area contributed by atoms with Crippen LogP contribution in [0.5, 0.6) is 0 Å². The maximum absolute atomic E-state index is 13.4. The molecule has 0 spiro atoms. The van der Waals surface area contributed by atoms with E-state index >= 15 is 0 Å². The second kappa shape index (κ2) is 3.06. The number of nitrogens with zero attached hydrogens (tertiary/aromatic N) is 2. The quantitative estimate of drug-likeness (QED) is 0.676. The third kappa shape index (κ3) is 1.20. The van der Waals surface area contributed by atoms with Crippen molar-refractivity contribution in [2.24, 2.45) is 0 Å². The molecule has 72 valence electrons. The van der Waals surface area contributed by atoms with E-state index in [9.17, 15) is 8.78 Å². The maximum atomic E-state index is 13.4. The van der Waals surface area contributed by atoms with Crippen molar-refractivity contribution in [2.45, 2.75) is 0 Å². The molecule has 1 aromatic carbocycles. The van der Waals surface area contributed by atoms with Crippen LogP contribution in [0.25, 0.3) is 11.4 Å². The fourth-order valence-corrected chi connectivity index (χ4v) is 1.11. The summed E-state index contributed by atoms with van der Waals surface area (Å²) in [6.45, 7) is 0. The average Bonchev–Trinajstić information content (AvgIpc) is 2.65. The van der Waals surface area contributed by atoms with E-state index in [1.165, 1.54) is 0 Å². The van der Waals surface area contributed by atoms with Crippen LogP contribution >= 0.6 is 0 Å². The zero-order valence-corrected chi connectivity index (χ0v) is 6.96. The number of hydrogen-bond acceptors (Lipinski definition) is 3. The molecule has 0 aliphatic carbocycles. The summed E-state index contributed by atoms with van der Waals surface area (Å²) in [5, 5.41) is 5.87. The number of halogens is 2. The van der Waals surface area contributed by atoms with Gasteiger partial charge in [0.1, 0.15) is 12.1 Å². The summed E-state index contributed by atoms with van der Waals surface area (Å²) in [4.78, 5) is 3.65. The van der Waals surface area contributed by atoms with Gasteiger partial charge in [0.15, 0.2) is 11.6 Å². The molecular formula is C8H6F2N4. The Bertz CT molecular complexity index is 453. The third-order valence-corrected chi connectivity index (χ3v) is 1.77. The number of rotatable bonds is 1. The molecule has 0 aliphatic heterocycles. The van der Waals surface area contributed by atoms with Crippen molar-refractivity contribution in [1.82, 2.24) is 15.2 Å². The van der Waals surface area contributed by atoms with Gasteiger partial charge in [0.2, 0.25) is 0 Å². The molecule has 0 atom stereocenters. The van der Waals surface area contributed by atoms with Crippen molar-refractivity contribution in [3.05, 3.63) is 30.1 Å². The summed E-state index contributed by atoms with van der Waals surface area (Å²) in [6, 6.07) is 2.24. The Morgan fingerprint density at radius 3 is 2.71 bits per heavy atom. The van der Waals surface area contributed by atoms with Gasteiger partial charge in [-0.3, -0.25) is 5.10 Å². The monoisotopic (exact) mass is 196 g/mol. The minimum atomic E-state index is -0.832. The van der Waals surface area contributed by atoms with Gasteiger partial charge in [-0.25, -0.2) is 13.8 Å². The van der Waals surface area contributed by atoms with E-state index in [0.717, 1.165) is 18.5 Å². The summed E-state index contributed by atoms with van der Waals surface area (Å²) in [5.74, 6) is -1.54. The number of nitrogen functional groups attached to an aromatic ring is 1. The zero-order valence-electron chi connectivity index (χ0n) is 6.96. The normalized spacial score (nSPS) is 10.4. The van der Waals surface area contributed by atoms with Crippen molar-refractivity contribution in [3.63, 3.8) is 0 Å². The Morgan fingerprint density at radius 1 is 1.29 bits per heavy atom. The molecule has 1 aromatic heterocycles. The lowest BCUT2D eigenvalue weighted by Crippen LogP contribution is -1.97. The number of anilines is 1. The minimum Gasteiger partial charge on any atom is -0.396 e. The summed E-state index contributed by atoms with van der Waals surface area (Å²) in [6.07, 6.45) is 1.16. The summed E-state index contributed by atoms with van der Waals surface area (Å²) >= 11 is 0. The molecule has 0 saturated carbocycles. The van der Waals surface area contributed by atoms with Gasteiger partial charge in [-0.15, -0.1) is 0 Å². The highest BCUT2D eigenvalue weighted by Crippen LogP contribution is 2.25. The van der Waals surface area contributed by atoms with Crippen LogP contribution in [0, 0.1) is 11.6 Å². The van der Waals surface area contributed by atoms with Gasteiger partial charge in [-0.05, 0) is 12.1 Å². The highest BCUT2D eigenvalue weighted by Gasteiger charge is 2.15. The molecule has 0 bridgehead atoms. The molecule has 2 aromatic rings. The lowest BCUT2D eigenvalue weighted by molar-refractivity contribution is 0.590. The van der Waals surface area contributed by atoms with Crippen LogP contribution < -0.4 is 5.73 Å². The van der Waals surface area contributed by atoms with E-state index in [4.69, 9.17) is 5.73 Å². The Labute approximate surface area is 77.8 Å². The summed E-state index contributed by atoms with van der Waals surface area (Å²) in [7, 11) is 0. The van der Waals surface area contributed by atoms with Gasteiger partial charge >= 0.3 is 0 Å². The molecule has 2 rings (SSSR count). The van der Waals surface area contributed by atoms with Crippen LogP contribution in [0.3, 0.4) is 0 Å². The third-order valence-electron chi connectivity index (χ3n) is 1.77. The first kappa shape index (κ1) is 8.61. The molecule has 14 heavy (non-hydrogen) atoms. The Kier molecular flexibility index (Phi) is 1.88. The second-order valence-corrected chi connectivity index (χ2v) is 2.66. The van der Waals surface area contributed by atoms with Gasteiger partial charge < -0.3 is 5.73 Å². The van der Waals surface area contributed by atoms with Gasteiger partial charge in [-0.1, -0.05) is 0 Å². The van der Waals surface area contributed by atoms with Crippen LogP contribution in [0.2, 0.25) is 0 Å². The van der Waals surface area contributed by atoms with E-state index < -0.39 is 11.6 Å². The Balaban J connectivity index is 2.69. The molecule has 3 N–H and O–H groups in total. The minimum absolute atomic E-state index is 0.0206. The van der Waals surface area contributed by atoms with E-state index in [1.54, 1.807) is 0 Å². The van der Waals surface area contributed by atoms with Gasteiger partial charge in [-0.2, -0.15) is 5.10 Å². The highest BCUT2D eigenvalue weighted by molar-refractivity contribution is 5.62. The number of aromatic nitrogens is 3. The van der Waals surface area contributed by atoms with Crippen LogP contribution in [0.4, 0.5) is 14.5 Å². The number of aromatic amines is 1. The smallest absolute Gasteiger partial charge is 0.161 e. The lowest BCUT2D eigenvalue weighted by Gasteiger charge is -2.03. The zero-order chi connectivity index (χ0) is 10.1. The van der Waals surface area contributed by atoms with Crippen molar-refractivity contribution < 1.29 is 8.78 Å². The molecular weight excluding hydrogens is 190 g/mol. The first-order valence-electron chi connectivity index (χ1n) is 3.79. The molecule has 4 nitrogen and oxygen atoms in total. The van der Waals surface area contributed by atoms with Crippen molar-refractivity contribution in [1.29, 1.82) is 0 Å². The number of H-pyrrole nitrogens is 1. The average molecular weight is 196 g/mol. The molecule has 1 heterocycles. The fraction of sp³-hybridized carbons (Fsp3) is 0. The van der Waals surface area contributed by atoms with Crippen molar-refractivity contribution in [2.75, 3.05) is 5.73 Å². The topological polar surface area (TPSA) is 67.6 Å². The number of benzene rings is 1. The van der Waals surface area contributed by atoms with E-state index in [2.05, 4.69) is 15.2 Å². The van der Waals surface area contributed by atoms with Gasteiger partial charge in [0, 0.05) is 0 Å². The molecule has 0 saturated heterocycles. The lowest BCUT2D eigenvalue weighted by atomic mass is 10.1. The highest BCUT2D eigenvalue weighted by atomic mass is 19.1. The van der Waals surface area contributed by atoms with E-state index in [1.807, 2.05) is 0 Å². The van der Waals surface area contributed by atoms with Crippen molar-refractivity contribution in [3.8, 4) is 11.4 Å². The maximum Gasteiger partial charge on any atom is 0.161 e. The predicted octanol–water partition coefficient (Wildman–Crippen LogP) is 1.33. The van der Waals surface area contributed by atoms with Gasteiger partial charge in [0.05, 0.1) is 11.3 Å². The molecule has 0 amide bonds. The molecule has 6 heteroatoms. The van der Waals surface area contributed by atoms with Gasteiger partial charge in [0.25, 0.3) is 0 Å². The van der Waals surface area contributed by atoms with Crippen molar-refractivity contribution >= 4 is 5.69 Å². The molecule has 0 aliphatic rings. The van der Waals surface area contributed by atoms with Crippen LogP contribution in [-0.2, 0) is 0 Å². The molecule has 0 radical (unpaired) electrons. The predicted molar refractivity (Wildman–Crippen MR) is 46.1 cm³/mol. The first-order valence-corrected chi connectivity index (χ1v) is 3.79. The standard InChI is InChI=1S/C8H6F2N4/c9-4-1-2-5(11)7(10)6(4)8-12-3-13-14-8/h1-3H,11H2,(H,12,13,14). The second-order valence-electron chi connectivity index (χ2n) is 2.66. The Morgan fingerprint density at radius 2 is 2.07 bits per heavy atom. The summed E-state index contributed by atoms with van der Waals surface area (Å²) < 4.78 is 26.6. The van der Waals surface area contributed by atoms with Crippen LogP contribution in [-0.4, -0.2) is 15.2 Å². The summed E-state index contributed by atoms with van der Waals surface area (Å²) in [5.41, 5.74) is 4.88. The van der Waals surface area contributed by atoms with E-state index in [-0.39, 0.29) is 17.1 Å². The largest absolute Gasteiger partial charge is 0.396 e. The first-order chi connectivity index (χ1) is 6.70.